The van der Waals surface area contributed by atoms with E-state index in [1.54, 1.807) is 12.1 Å². The van der Waals surface area contributed by atoms with Gasteiger partial charge >= 0.3 is 0 Å². The fourth-order valence-electron chi connectivity index (χ4n) is 2.03. The van der Waals surface area contributed by atoms with Crippen molar-refractivity contribution in [2.75, 3.05) is 20.3 Å². The third-order valence-electron chi connectivity index (χ3n) is 3.39. The minimum Gasteiger partial charge on any atom is -0.383 e. The molecule has 25 heavy (non-hydrogen) atoms. The molecule has 2 rings (SSSR count). The molecule has 0 aliphatic heterocycles. The van der Waals surface area contributed by atoms with E-state index in [1.807, 2.05) is 0 Å². The van der Waals surface area contributed by atoms with Crippen LogP contribution in [0.1, 0.15) is 15.9 Å². The number of ether oxygens (including phenoxy) is 1. The Labute approximate surface area is 146 Å². The van der Waals surface area contributed by atoms with Crippen LogP contribution >= 0.6 is 0 Å². The molecule has 0 aliphatic carbocycles. The average Bonchev–Trinajstić information content (AvgIpc) is 2.61. The summed E-state index contributed by atoms with van der Waals surface area (Å²) in [5.74, 6) is -0.688. The first-order valence-corrected chi connectivity index (χ1v) is 9.02. The molecule has 2 aromatic rings. The molecule has 2 aromatic carbocycles. The standard InChI is InChI=1S/C17H19FN2O4S/c1-24-11-10-20-25(22,23)16-8-4-14(5-9-16)17(21)19-12-13-2-6-15(18)7-3-13/h2-9,20H,10-12H2,1H3,(H,19,21). The smallest absolute Gasteiger partial charge is 0.251 e. The Balaban J connectivity index is 1.96. The van der Waals surface area contributed by atoms with E-state index >= 15 is 0 Å². The van der Waals surface area contributed by atoms with Gasteiger partial charge in [-0.25, -0.2) is 17.5 Å². The Morgan fingerprint density at radius 2 is 1.72 bits per heavy atom. The van der Waals surface area contributed by atoms with Crippen molar-refractivity contribution in [2.45, 2.75) is 11.4 Å². The van der Waals surface area contributed by atoms with Crippen LogP contribution in [0, 0.1) is 5.82 Å². The molecule has 0 aromatic heterocycles. The summed E-state index contributed by atoms with van der Waals surface area (Å²) in [5, 5.41) is 2.69. The number of nitrogens with one attached hydrogen (secondary N) is 2. The number of carbonyl (C=O) groups is 1. The highest BCUT2D eigenvalue weighted by Crippen LogP contribution is 2.11. The van der Waals surface area contributed by atoms with Gasteiger partial charge in [-0.2, -0.15) is 0 Å². The monoisotopic (exact) mass is 366 g/mol. The number of carbonyl (C=O) groups excluding carboxylic acids is 1. The zero-order valence-corrected chi connectivity index (χ0v) is 14.5. The molecule has 1 amide bonds. The lowest BCUT2D eigenvalue weighted by atomic mass is 10.2. The molecule has 0 unspecified atom stereocenters. The summed E-state index contributed by atoms with van der Waals surface area (Å²) >= 11 is 0. The number of rotatable bonds is 8. The van der Waals surface area contributed by atoms with Crippen LogP contribution in [-0.2, 0) is 21.3 Å². The highest BCUT2D eigenvalue weighted by molar-refractivity contribution is 7.89. The summed E-state index contributed by atoms with van der Waals surface area (Å²) < 4.78 is 44.1. The molecule has 6 nitrogen and oxygen atoms in total. The van der Waals surface area contributed by atoms with E-state index in [2.05, 4.69) is 10.0 Å². The van der Waals surface area contributed by atoms with E-state index in [1.165, 1.54) is 43.5 Å². The third kappa shape index (κ3) is 5.63. The van der Waals surface area contributed by atoms with Gasteiger partial charge in [0.1, 0.15) is 5.82 Å². The van der Waals surface area contributed by atoms with Crippen molar-refractivity contribution < 1.29 is 22.3 Å². The average molecular weight is 366 g/mol. The predicted octanol–water partition coefficient (Wildman–Crippen LogP) is 1.68. The summed E-state index contributed by atoms with van der Waals surface area (Å²) in [6, 6.07) is 11.4. The van der Waals surface area contributed by atoms with Gasteiger partial charge in [-0.05, 0) is 42.0 Å². The minimum absolute atomic E-state index is 0.0682. The summed E-state index contributed by atoms with van der Waals surface area (Å²) in [4.78, 5) is 12.2. The topological polar surface area (TPSA) is 84.5 Å². The van der Waals surface area contributed by atoms with Crippen LogP contribution in [0.4, 0.5) is 4.39 Å². The van der Waals surface area contributed by atoms with E-state index < -0.39 is 10.0 Å². The van der Waals surface area contributed by atoms with Crippen molar-refractivity contribution in [3.05, 3.63) is 65.5 Å². The van der Waals surface area contributed by atoms with Gasteiger partial charge in [-0.15, -0.1) is 0 Å². The lowest BCUT2D eigenvalue weighted by molar-refractivity contribution is 0.0951. The van der Waals surface area contributed by atoms with Gasteiger partial charge in [0.2, 0.25) is 10.0 Å². The lowest BCUT2D eigenvalue weighted by Gasteiger charge is -2.08. The summed E-state index contributed by atoms with van der Waals surface area (Å²) in [6.07, 6.45) is 0. The van der Waals surface area contributed by atoms with Crippen molar-refractivity contribution in [1.82, 2.24) is 10.0 Å². The maximum absolute atomic E-state index is 12.8. The van der Waals surface area contributed by atoms with Gasteiger partial charge in [-0.1, -0.05) is 12.1 Å². The number of halogens is 1. The van der Waals surface area contributed by atoms with E-state index in [-0.39, 0.29) is 36.3 Å². The van der Waals surface area contributed by atoms with E-state index in [0.717, 1.165) is 5.56 Å². The second-order valence-electron chi connectivity index (χ2n) is 5.22. The first-order chi connectivity index (χ1) is 11.9. The van der Waals surface area contributed by atoms with Gasteiger partial charge in [0, 0.05) is 25.8 Å². The molecule has 134 valence electrons. The third-order valence-corrected chi connectivity index (χ3v) is 4.87. The van der Waals surface area contributed by atoms with E-state index in [4.69, 9.17) is 4.74 Å². The number of sulfonamides is 1. The fourth-order valence-corrected chi connectivity index (χ4v) is 3.05. The number of hydrogen-bond acceptors (Lipinski definition) is 4. The van der Waals surface area contributed by atoms with E-state index in [9.17, 15) is 17.6 Å². The number of hydrogen-bond donors (Lipinski definition) is 2. The molecule has 0 bridgehead atoms. The van der Waals surface area contributed by atoms with E-state index in [0.29, 0.717) is 5.56 Å². The molecule has 2 N–H and O–H groups in total. The summed E-state index contributed by atoms with van der Waals surface area (Å²) in [6.45, 7) is 0.680. The van der Waals surface area contributed by atoms with Gasteiger partial charge in [0.25, 0.3) is 5.91 Å². The van der Waals surface area contributed by atoms with Crippen LogP contribution in [0.15, 0.2) is 53.4 Å². The van der Waals surface area contributed by atoms with Crippen LogP contribution in [0.25, 0.3) is 0 Å². The summed E-state index contributed by atoms with van der Waals surface area (Å²) in [5.41, 5.74) is 1.09. The zero-order chi connectivity index (χ0) is 18.3. The summed E-state index contributed by atoms with van der Waals surface area (Å²) in [7, 11) is -2.15. The Kier molecular flexibility index (Phi) is 6.63. The second-order valence-corrected chi connectivity index (χ2v) is 6.99. The molecule has 0 heterocycles. The van der Waals surface area contributed by atoms with Crippen molar-refractivity contribution in [2.24, 2.45) is 0 Å². The molecule has 0 radical (unpaired) electrons. The van der Waals surface area contributed by atoms with Crippen molar-refractivity contribution in [3.63, 3.8) is 0 Å². The first-order valence-electron chi connectivity index (χ1n) is 7.54. The highest BCUT2D eigenvalue weighted by atomic mass is 32.2. The molecule has 0 atom stereocenters. The first kappa shape index (κ1) is 19.0. The van der Waals surface area contributed by atoms with Crippen LogP contribution < -0.4 is 10.0 Å². The highest BCUT2D eigenvalue weighted by Gasteiger charge is 2.14. The van der Waals surface area contributed by atoms with Crippen LogP contribution in [0.3, 0.4) is 0 Å². The van der Waals surface area contributed by atoms with Crippen LogP contribution in [0.5, 0.6) is 0 Å². The van der Waals surface area contributed by atoms with Gasteiger partial charge in [0.05, 0.1) is 11.5 Å². The Bertz CT molecular complexity index is 806. The van der Waals surface area contributed by atoms with Crippen molar-refractivity contribution in [3.8, 4) is 0 Å². The molecule has 8 heteroatoms. The van der Waals surface area contributed by atoms with Crippen LogP contribution in [0.2, 0.25) is 0 Å². The number of methoxy groups -OCH3 is 1. The molecule has 0 aliphatic rings. The van der Waals surface area contributed by atoms with Crippen molar-refractivity contribution in [1.29, 1.82) is 0 Å². The van der Waals surface area contributed by atoms with Gasteiger partial charge in [-0.3, -0.25) is 4.79 Å². The molecule has 0 spiro atoms. The second kappa shape index (κ2) is 8.70. The fraction of sp³-hybridized carbons (Fsp3) is 0.235. The normalized spacial score (nSPS) is 11.3. The zero-order valence-electron chi connectivity index (χ0n) is 13.7. The molecular weight excluding hydrogens is 347 g/mol. The molecule has 0 saturated heterocycles. The Hall–Kier alpha value is -2.29. The molecule has 0 fully saturated rings. The van der Waals surface area contributed by atoms with Gasteiger partial charge in [0.15, 0.2) is 0 Å². The Morgan fingerprint density at radius 3 is 2.32 bits per heavy atom. The minimum atomic E-state index is -3.63. The quantitative estimate of drug-likeness (QED) is 0.696. The predicted molar refractivity (Wildman–Crippen MR) is 91.1 cm³/mol. The number of amides is 1. The lowest BCUT2D eigenvalue weighted by Crippen LogP contribution is -2.27. The van der Waals surface area contributed by atoms with Crippen molar-refractivity contribution >= 4 is 15.9 Å². The maximum Gasteiger partial charge on any atom is 0.251 e. The maximum atomic E-state index is 12.8. The van der Waals surface area contributed by atoms with Gasteiger partial charge < -0.3 is 10.1 Å². The van der Waals surface area contributed by atoms with Crippen LogP contribution in [-0.4, -0.2) is 34.6 Å². The SMILES string of the molecule is COCCNS(=O)(=O)c1ccc(C(=O)NCc2ccc(F)cc2)cc1. The Morgan fingerprint density at radius 1 is 1.08 bits per heavy atom. The number of benzene rings is 2. The largest absolute Gasteiger partial charge is 0.383 e. The molecule has 0 saturated carbocycles. The molecular formula is C17H19FN2O4S.